The summed E-state index contributed by atoms with van der Waals surface area (Å²) in [6, 6.07) is 13.1. The van der Waals surface area contributed by atoms with Crippen molar-refractivity contribution in [1.82, 2.24) is 25.2 Å². The van der Waals surface area contributed by atoms with Gasteiger partial charge in [-0.3, -0.25) is 33.5 Å². The molecule has 4 fully saturated rings. The van der Waals surface area contributed by atoms with Crippen LogP contribution >= 0.6 is 18.9 Å². The monoisotopic (exact) mass is 858 g/mol. The Labute approximate surface area is 349 Å². The summed E-state index contributed by atoms with van der Waals surface area (Å²) in [6.07, 6.45) is 6.51. The molecule has 6 amide bonds. The lowest BCUT2D eigenvalue weighted by atomic mass is 10.1. The quantitative estimate of drug-likeness (QED) is 0.0835. The van der Waals surface area contributed by atoms with E-state index >= 15 is 4.39 Å². The summed E-state index contributed by atoms with van der Waals surface area (Å²) in [5.74, 6) is -4.88. The van der Waals surface area contributed by atoms with Crippen molar-refractivity contribution in [3.63, 3.8) is 0 Å². The third-order valence-electron chi connectivity index (χ3n) is 11.4. The minimum absolute atomic E-state index is 0.0161. The van der Waals surface area contributed by atoms with Crippen LogP contribution in [-0.4, -0.2) is 86.7 Å². The van der Waals surface area contributed by atoms with Crippen molar-refractivity contribution in [2.75, 3.05) is 11.5 Å². The standard InChI is InChI=1S/C42H44FN6O9PS/c1-3-21-57-39(53)25(2)46-59(56,58-30-11-5-4-6-12-30)35(43)26-14-17-33-27(22-26)23-34(60-33)36(50)45-31-13-7-9-28-15-16-32(47(28)37(31)51)38(52)49-41(55)48(29-10-8-20-44-24-29)40(54)42(49)18-19-42/h4-6,8,10-12,14,17,20,22-25,28,31-32,35H,3,7,9,13,15-16,18-19,21H2,1-2H3,(H,45,50)(H,46,56)/t25-,28-,31-,32-,35+,59?/m0/s1. The van der Waals surface area contributed by atoms with Gasteiger partial charge >= 0.3 is 19.5 Å². The number of carbonyl (C=O) groups excluding carboxylic acids is 6. The highest BCUT2D eigenvalue weighted by molar-refractivity contribution is 7.57. The van der Waals surface area contributed by atoms with E-state index < -0.39 is 72.7 Å². The van der Waals surface area contributed by atoms with E-state index in [1.165, 1.54) is 48.5 Å². The van der Waals surface area contributed by atoms with E-state index in [2.05, 4.69) is 15.4 Å². The zero-order chi connectivity index (χ0) is 42.3. The van der Waals surface area contributed by atoms with E-state index in [0.29, 0.717) is 61.5 Å². The van der Waals surface area contributed by atoms with E-state index in [1.54, 1.807) is 42.5 Å². The number of hydrogen-bond donors (Lipinski definition) is 2. The highest BCUT2D eigenvalue weighted by atomic mass is 32.1. The molecule has 3 aliphatic heterocycles. The molecule has 1 spiro atoms. The van der Waals surface area contributed by atoms with Gasteiger partial charge in [-0.2, -0.15) is 0 Å². The number of thiophene rings is 1. The van der Waals surface area contributed by atoms with Gasteiger partial charge in [-0.15, -0.1) is 11.3 Å². The molecule has 2 aromatic heterocycles. The summed E-state index contributed by atoms with van der Waals surface area (Å²) in [5, 5.41) is 5.90. The number of ether oxygens (including phenoxy) is 1. The van der Waals surface area contributed by atoms with Gasteiger partial charge in [0.15, 0.2) is 0 Å². The molecule has 18 heteroatoms. The first kappa shape index (κ1) is 41.2. The van der Waals surface area contributed by atoms with Crippen LogP contribution in [0, 0.1) is 0 Å². The van der Waals surface area contributed by atoms with Gasteiger partial charge in [0.1, 0.15) is 29.4 Å². The minimum atomic E-state index is -4.48. The Morgan fingerprint density at radius 1 is 1.02 bits per heavy atom. The molecule has 314 valence electrons. The van der Waals surface area contributed by atoms with Crippen molar-refractivity contribution >= 4 is 70.3 Å². The van der Waals surface area contributed by atoms with Crippen LogP contribution in [-0.2, 0) is 28.5 Å². The number of carbonyl (C=O) groups is 6. The van der Waals surface area contributed by atoms with Crippen molar-refractivity contribution in [2.45, 2.75) is 101 Å². The predicted octanol–water partition coefficient (Wildman–Crippen LogP) is 6.64. The van der Waals surface area contributed by atoms with Crippen molar-refractivity contribution in [3.05, 3.63) is 89.6 Å². The predicted molar refractivity (Wildman–Crippen MR) is 219 cm³/mol. The summed E-state index contributed by atoms with van der Waals surface area (Å²) in [7, 11) is -4.48. The van der Waals surface area contributed by atoms with Crippen LogP contribution in [0.4, 0.5) is 14.9 Å². The van der Waals surface area contributed by atoms with Crippen LogP contribution in [0.1, 0.15) is 86.4 Å². The number of alkyl halides is 1. The lowest BCUT2D eigenvalue weighted by molar-refractivity contribution is -0.146. The van der Waals surface area contributed by atoms with E-state index in [-0.39, 0.29) is 34.5 Å². The molecular weight excluding hydrogens is 815 g/mol. The van der Waals surface area contributed by atoms with Crippen LogP contribution in [0.15, 0.2) is 79.1 Å². The van der Waals surface area contributed by atoms with Gasteiger partial charge in [-0.05, 0) is 112 Å². The summed E-state index contributed by atoms with van der Waals surface area (Å²) in [6.45, 7) is 3.38. The average Bonchev–Trinajstić information content (AvgIpc) is 3.70. The van der Waals surface area contributed by atoms with Crippen LogP contribution < -0.4 is 19.8 Å². The maximum atomic E-state index is 16.5. The lowest BCUT2D eigenvalue weighted by Crippen LogP contribution is -2.57. The van der Waals surface area contributed by atoms with Crippen molar-refractivity contribution in [2.24, 2.45) is 0 Å². The van der Waals surface area contributed by atoms with Crippen molar-refractivity contribution in [1.29, 1.82) is 0 Å². The second kappa shape index (κ2) is 16.5. The van der Waals surface area contributed by atoms with Gasteiger partial charge in [-0.25, -0.2) is 24.1 Å². The molecule has 1 unspecified atom stereocenters. The van der Waals surface area contributed by atoms with Crippen LogP contribution in [0.2, 0.25) is 0 Å². The molecule has 8 rings (SSSR count). The number of amides is 6. The van der Waals surface area contributed by atoms with Gasteiger partial charge in [0.25, 0.3) is 17.7 Å². The molecule has 15 nitrogen and oxygen atoms in total. The van der Waals surface area contributed by atoms with Crippen LogP contribution in [0.3, 0.4) is 0 Å². The SMILES string of the molecule is CCCOC(=O)[C@H](C)NP(=O)(Oc1ccccc1)[C@@H](F)c1ccc2sc(C(=O)N[C@H]3CCC[C@H]4CC[C@@H](C(=O)N5C(=O)N(c6cccnc6)C(=O)C56CC6)N4C3=O)cc2c1. The number of halogens is 1. The zero-order valence-electron chi connectivity index (χ0n) is 33.0. The number of nitrogens with one attached hydrogen (secondary N) is 2. The molecular formula is C42H44FN6O9PS. The fraction of sp³-hybridized carbons (Fsp3) is 0.405. The number of aromatic nitrogens is 1. The number of imide groups is 2. The number of esters is 1. The van der Waals surface area contributed by atoms with Gasteiger partial charge in [-0.1, -0.05) is 31.2 Å². The first-order chi connectivity index (χ1) is 28.8. The Morgan fingerprint density at radius 2 is 1.80 bits per heavy atom. The number of anilines is 1. The van der Waals surface area contributed by atoms with E-state index in [4.69, 9.17) is 9.26 Å². The number of rotatable bonds is 13. The van der Waals surface area contributed by atoms with Gasteiger partial charge in [0.05, 0.1) is 23.4 Å². The van der Waals surface area contributed by atoms with Gasteiger partial charge < -0.3 is 19.5 Å². The van der Waals surface area contributed by atoms with Gasteiger partial charge in [0.2, 0.25) is 11.8 Å². The fourth-order valence-corrected chi connectivity index (χ4v) is 11.2. The number of fused-ring (bicyclic) bond motifs is 2. The number of nitrogens with zero attached hydrogens (tertiary/aromatic N) is 4. The highest BCUT2D eigenvalue weighted by Crippen LogP contribution is 2.58. The molecule has 5 heterocycles. The molecule has 1 saturated carbocycles. The molecule has 3 saturated heterocycles. The smallest absolute Gasteiger partial charge is 0.355 e. The number of pyridine rings is 1. The number of hydrogen-bond acceptors (Lipinski definition) is 11. The van der Waals surface area contributed by atoms with Crippen LogP contribution in [0.5, 0.6) is 5.75 Å². The molecule has 60 heavy (non-hydrogen) atoms. The molecule has 2 aromatic carbocycles. The highest BCUT2D eigenvalue weighted by Gasteiger charge is 2.68. The molecule has 1 aliphatic carbocycles. The first-order valence-corrected chi connectivity index (χ1v) is 22.6. The van der Waals surface area contributed by atoms with E-state index in [9.17, 15) is 33.3 Å². The van der Waals surface area contributed by atoms with E-state index in [1.807, 2.05) is 6.92 Å². The molecule has 2 N–H and O–H groups in total. The van der Waals surface area contributed by atoms with Crippen molar-refractivity contribution < 1.29 is 47.0 Å². The van der Waals surface area contributed by atoms with E-state index in [0.717, 1.165) is 21.1 Å². The largest absolute Gasteiger partial charge is 0.465 e. The van der Waals surface area contributed by atoms with Crippen molar-refractivity contribution in [3.8, 4) is 5.75 Å². The first-order valence-electron chi connectivity index (χ1n) is 20.1. The second-order valence-electron chi connectivity index (χ2n) is 15.6. The third kappa shape index (κ3) is 7.58. The zero-order valence-corrected chi connectivity index (χ0v) is 34.7. The Bertz CT molecular complexity index is 2400. The Kier molecular flexibility index (Phi) is 11.3. The average molecular weight is 859 g/mol. The molecule has 4 aliphatic rings. The maximum Gasteiger partial charge on any atom is 0.355 e. The Hall–Kier alpha value is -5.51. The minimum Gasteiger partial charge on any atom is -0.465 e. The summed E-state index contributed by atoms with van der Waals surface area (Å²) in [4.78, 5) is 90.1. The lowest BCUT2D eigenvalue weighted by Gasteiger charge is -2.33. The second-order valence-corrected chi connectivity index (χ2v) is 18.7. The number of urea groups is 1. The summed E-state index contributed by atoms with van der Waals surface area (Å²) < 4.78 is 42.3. The number of para-hydroxylation sites is 1. The maximum absolute atomic E-state index is 16.5. The molecule has 6 atom stereocenters. The summed E-state index contributed by atoms with van der Waals surface area (Å²) >= 11 is 1.12. The third-order valence-corrected chi connectivity index (χ3v) is 14.7. The Morgan fingerprint density at radius 3 is 2.52 bits per heavy atom. The van der Waals surface area contributed by atoms with Gasteiger partial charge in [0, 0.05) is 16.9 Å². The normalized spacial score (nSPS) is 22.9. The number of benzene rings is 2. The topological polar surface area (TPSA) is 185 Å². The fourth-order valence-electron chi connectivity index (χ4n) is 8.31. The molecule has 4 aromatic rings. The molecule has 0 radical (unpaired) electrons. The Balaban J connectivity index is 0.987. The molecule has 0 bridgehead atoms. The summed E-state index contributed by atoms with van der Waals surface area (Å²) in [5.41, 5.74) is -1.03. The van der Waals surface area contributed by atoms with Crippen LogP contribution in [0.25, 0.3) is 10.1 Å².